The predicted octanol–water partition coefficient (Wildman–Crippen LogP) is 3.59. The third-order valence-electron chi connectivity index (χ3n) is 5.07. The monoisotopic (exact) mass is 308 g/mol. The fraction of sp³-hybridized carbons (Fsp3) is 0.667. The number of nitrogens with one attached hydrogen (secondary N) is 1. The average Bonchev–Trinajstić information content (AvgIpc) is 2.84. The van der Waals surface area contributed by atoms with E-state index in [1.165, 1.54) is 39.0 Å². The van der Waals surface area contributed by atoms with Gasteiger partial charge in [0.2, 0.25) is 0 Å². The molecular weight excluding hydrogens is 280 g/mol. The van der Waals surface area contributed by atoms with Gasteiger partial charge in [0.15, 0.2) is 0 Å². The SMILES string of the molecule is CC(C)c1cccc2c1CCN(CC1(C)CCNC1)C2.Cl. The Balaban J connectivity index is 0.00000161. The second-order valence-electron chi connectivity index (χ2n) is 7.34. The molecule has 0 spiro atoms. The van der Waals surface area contributed by atoms with Crippen molar-refractivity contribution in [3.63, 3.8) is 0 Å². The normalized spacial score (nSPS) is 25.7. The topological polar surface area (TPSA) is 15.3 Å². The summed E-state index contributed by atoms with van der Waals surface area (Å²) in [4.78, 5) is 2.67. The molecule has 1 atom stereocenters. The fourth-order valence-corrected chi connectivity index (χ4v) is 3.92. The molecule has 0 aromatic heterocycles. The second kappa shape index (κ2) is 6.68. The molecular formula is C18H29ClN2. The van der Waals surface area contributed by atoms with Gasteiger partial charge in [-0.2, -0.15) is 0 Å². The van der Waals surface area contributed by atoms with E-state index < -0.39 is 0 Å². The van der Waals surface area contributed by atoms with Gasteiger partial charge in [0.25, 0.3) is 0 Å². The summed E-state index contributed by atoms with van der Waals surface area (Å²) in [5.74, 6) is 0.646. The van der Waals surface area contributed by atoms with Gasteiger partial charge in [-0.1, -0.05) is 39.0 Å². The summed E-state index contributed by atoms with van der Waals surface area (Å²) in [6, 6.07) is 6.90. The summed E-state index contributed by atoms with van der Waals surface area (Å²) >= 11 is 0. The Morgan fingerprint density at radius 3 is 2.81 bits per heavy atom. The molecule has 0 radical (unpaired) electrons. The van der Waals surface area contributed by atoms with E-state index in [0.29, 0.717) is 11.3 Å². The molecule has 1 aromatic carbocycles. The van der Waals surface area contributed by atoms with Crippen LogP contribution < -0.4 is 5.32 Å². The highest BCUT2D eigenvalue weighted by Crippen LogP contribution is 2.31. The summed E-state index contributed by atoms with van der Waals surface area (Å²) < 4.78 is 0. The van der Waals surface area contributed by atoms with Gasteiger partial charge < -0.3 is 5.32 Å². The van der Waals surface area contributed by atoms with Crippen molar-refractivity contribution in [1.82, 2.24) is 10.2 Å². The molecule has 3 heteroatoms. The number of benzene rings is 1. The Morgan fingerprint density at radius 2 is 2.14 bits per heavy atom. The van der Waals surface area contributed by atoms with Gasteiger partial charge in [0.05, 0.1) is 0 Å². The summed E-state index contributed by atoms with van der Waals surface area (Å²) in [7, 11) is 0. The van der Waals surface area contributed by atoms with Crippen LogP contribution in [-0.4, -0.2) is 31.1 Å². The van der Waals surface area contributed by atoms with Gasteiger partial charge in [-0.25, -0.2) is 0 Å². The van der Waals surface area contributed by atoms with Gasteiger partial charge in [-0.3, -0.25) is 4.90 Å². The van der Waals surface area contributed by atoms with Crippen molar-refractivity contribution >= 4 is 12.4 Å². The van der Waals surface area contributed by atoms with E-state index in [9.17, 15) is 0 Å². The lowest BCUT2D eigenvalue weighted by Crippen LogP contribution is -2.40. The first-order valence-corrected chi connectivity index (χ1v) is 8.11. The Bertz CT molecular complexity index is 478. The van der Waals surface area contributed by atoms with E-state index in [1.807, 2.05) is 0 Å². The molecule has 1 unspecified atom stereocenters. The largest absolute Gasteiger partial charge is 0.316 e. The number of fused-ring (bicyclic) bond motifs is 1. The van der Waals surface area contributed by atoms with Crippen LogP contribution in [-0.2, 0) is 13.0 Å². The fourth-order valence-electron chi connectivity index (χ4n) is 3.92. The smallest absolute Gasteiger partial charge is 0.0236 e. The number of rotatable bonds is 3. The van der Waals surface area contributed by atoms with Crippen molar-refractivity contribution in [3.8, 4) is 0 Å². The van der Waals surface area contributed by atoms with Crippen LogP contribution in [0.15, 0.2) is 18.2 Å². The standard InChI is InChI=1S/C18H28N2.ClH/c1-14(2)16-6-4-5-15-11-20(10-7-17(15)16)13-18(3)8-9-19-12-18;/h4-6,14,19H,7-13H2,1-3H3;1H. The van der Waals surface area contributed by atoms with Gasteiger partial charge >= 0.3 is 0 Å². The number of nitrogens with zero attached hydrogens (tertiary/aromatic N) is 1. The molecule has 0 amide bonds. The van der Waals surface area contributed by atoms with Crippen LogP contribution in [0.3, 0.4) is 0 Å². The van der Waals surface area contributed by atoms with Gasteiger partial charge in [0.1, 0.15) is 0 Å². The molecule has 2 aliphatic rings. The third-order valence-corrected chi connectivity index (χ3v) is 5.07. The maximum Gasteiger partial charge on any atom is 0.0236 e. The average molecular weight is 309 g/mol. The Kier molecular flexibility index (Phi) is 5.34. The van der Waals surface area contributed by atoms with Crippen LogP contribution in [0.25, 0.3) is 0 Å². The Morgan fingerprint density at radius 1 is 1.33 bits per heavy atom. The van der Waals surface area contributed by atoms with Crippen molar-refractivity contribution < 1.29 is 0 Å². The van der Waals surface area contributed by atoms with Gasteiger partial charge in [-0.15, -0.1) is 12.4 Å². The molecule has 0 aliphatic carbocycles. The van der Waals surface area contributed by atoms with Crippen molar-refractivity contribution in [3.05, 3.63) is 34.9 Å². The molecule has 21 heavy (non-hydrogen) atoms. The number of hydrogen-bond acceptors (Lipinski definition) is 2. The van der Waals surface area contributed by atoms with Crippen LogP contribution in [0.4, 0.5) is 0 Å². The zero-order valence-electron chi connectivity index (χ0n) is 13.6. The summed E-state index contributed by atoms with van der Waals surface area (Å²) in [5, 5.41) is 3.52. The van der Waals surface area contributed by atoms with Crippen LogP contribution >= 0.6 is 12.4 Å². The van der Waals surface area contributed by atoms with E-state index in [4.69, 9.17) is 0 Å². The summed E-state index contributed by atoms with van der Waals surface area (Å²) in [5.41, 5.74) is 5.24. The molecule has 0 bridgehead atoms. The predicted molar refractivity (Wildman–Crippen MR) is 92.4 cm³/mol. The minimum Gasteiger partial charge on any atom is -0.316 e. The molecule has 2 aliphatic heterocycles. The first-order chi connectivity index (χ1) is 9.57. The molecule has 2 heterocycles. The minimum atomic E-state index is 0. The van der Waals surface area contributed by atoms with E-state index in [-0.39, 0.29) is 12.4 Å². The van der Waals surface area contributed by atoms with Crippen molar-refractivity contribution in [2.75, 3.05) is 26.2 Å². The quantitative estimate of drug-likeness (QED) is 0.918. The lowest BCUT2D eigenvalue weighted by atomic mass is 9.86. The molecule has 0 saturated carbocycles. The maximum atomic E-state index is 3.52. The molecule has 1 saturated heterocycles. The third kappa shape index (κ3) is 3.61. The van der Waals surface area contributed by atoms with Crippen LogP contribution in [0.5, 0.6) is 0 Å². The lowest BCUT2D eigenvalue weighted by Gasteiger charge is -2.36. The van der Waals surface area contributed by atoms with Crippen LogP contribution in [0.2, 0.25) is 0 Å². The lowest BCUT2D eigenvalue weighted by molar-refractivity contribution is 0.164. The second-order valence-corrected chi connectivity index (χ2v) is 7.34. The van der Waals surface area contributed by atoms with E-state index >= 15 is 0 Å². The van der Waals surface area contributed by atoms with Crippen LogP contribution in [0.1, 0.15) is 49.8 Å². The highest BCUT2D eigenvalue weighted by molar-refractivity contribution is 5.85. The van der Waals surface area contributed by atoms with E-state index in [1.54, 1.807) is 16.7 Å². The van der Waals surface area contributed by atoms with Crippen molar-refractivity contribution in [2.45, 2.75) is 46.1 Å². The molecule has 1 aromatic rings. The molecule has 3 rings (SSSR count). The molecule has 2 nitrogen and oxygen atoms in total. The highest BCUT2D eigenvalue weighted by atomic mass is 35.5. The van der Waals surface area contributed by atoms with E-state index in [2.05, 4.69) is 49.2 Å². The van der Waals surface area contributed by atoms with Gasteiger partial charge in [-0.05, 0) is 47.4 Å². The van der Waals surface area contributed by atoms with Crippen molar-refractivity contribution in [2.24, 2.45) is 5.41 Å². The Labute approximate surface area is 135 Å². The van der Waals surface area contributed by atoms with Crippen LogP contribution in [0, 0.1) is 5.41 Å². The summed E-state index contributed by atoms with van der Waals surface area (Å²) in [6.45, 7) is 13.1. The first kappa shape index (κ1) is 16.8. The Hall–Kier alpha value is -0.570. The highest BCUT2D eigenvalue weighted by Gasteiger charge is 2.32. The van der Waals surface area contributed by atoms with E-state index in [0.717, 1.165) is 6.54 Å². The molecule has 1 fully saturated rings. The van der Waals surface area contributed by atoms with Crippen molar-refractivity contribution in [1.29, 1.82) is 0 Å². The van der Waals surface area contributed by atoms with Gasteiger partial charge in [0, 0.05) is 26.2 Å². The zero-order valence-corrected chi connectivity index (χ0v) is 14.4. The maximum absolute atomic E-state index is 3.52. The zero-order chi connectivity index (χ0) is 14.2. The molecule has 1 N–H and O–H groups in total. The first-order valence-electron chi connectivity index (χ1n) is 8.11. The summed E-state index contributed by atoms with van der Waals surface area (Å²) in [6.07, 6.45) is 2.55. The minimum absolute atomic E-state index is 0. The number of hydrogen-bond donors (Lipinski definition) is 1. The molecule has 118 valence electrons. The number of halogens is 1.